The van der Waals surface area contributed by atoms with Crippen LogP contribution in [0.1, 0.15) is 47.8 Å². The molecule has 1 amide bonds. The standard InChI is InChI=1S/C29H31F4N3O4/c1-17(37)16-40-25-9-6-19(12-26(25)39-3)27(38)34-15-22(29(31,32)33)24-14-20(28(2)10-11-35-28)13-23(36-24)18-4-7-21(30)8-5-18/h4-9,12-14,17,22,35,37H,10-11,15-16H2,1-3H3,(H,34,38)/t17-,22?,28-/m1/s1. The number of pyridine rings is 1. The smallest absolute Gasteiger partial charge is 0.398 e. The summed E-state index contributed by atoms with van der Waals surface area (Å²) in [6, 6.07) is 12.7. The lowest BCUT2D eigenvalue weighted by Crippen LogP contribution is -2.51. The molecule has 40 heavy (non-hydrogen) atoms. The number of nitrogens with one attached hydrogen (secondary N) is 2. The van der Waals surface area contributed by atoms with Crippen molar-refractivity contribution in [3.8, 4) is 22.8 Å². The van der Waals surface area contributed by atoms with Crippen LogP contribution < -0.4 is 20.1 Å². The number of nitrogens with zero attached hydrogens (tertiary/aromatic N) is 1. The summed E-state index contributed by atoms with van der Waals surface area (Å²) < 4.78 is 67.3. The van der Waals surface area contributed by atoms with Gasteiger partial charge in [-0.05, 0) is 87.0 Å². The van der Waals surface area contributed by atoms with Crippen LogP contribution in [0.2, 0.25) is 0 Å². The van der Waals surface area contributed by atoms with E-state index in [4.69, 9.17) is 9.47 Å². The van der Waals surface area contributed by atoms with Crippen LogP contribution in [0.3, 0.4) is 0 Å². The highest BCUT2D eigenvalue weighted by atomic mass is 19.4. The first-order chi connectivity index (χ1) is 18.9. The summed E-state index contributed by atoms with van der Waals surface area (Å²) >= 11 is 0. The van der Waals surface area contributed by atoms with E-state index in [1.165, 1.54) is 55.6 Å². The average molecular weight is 562 g/mol. The maximum Gasteiger partial charge on any atom is 0.398 e. The maximum absolute atomic E-state index is 14.4. The molecule has 1 fully saturated rings. The average Bonchev–Trinajstić information content (AvgIpc) is 2.89. The lowest BCUT2D eigenvalue weighted by atomic mass is 9.81. The second kappa shape index (κ2) is 11.8. The Morgan fingerprint density at radius 1 is 1.15 bits per heavy atom. The van der Waals surface area contributed by atoms with E-state index in [-0.39, 0.29) is 35.1 Å². The second-order valence-electron chi connectivity index (χ2n) is 10.0. The molecule has 214 valence electrons. The van der Waals surface area contributed by atoms with Crippen molar-refractivity contribution in [3.05, 3.63) is 77.2 Å². The van der Waals surface area contributed by atoms with Crippen LogP contribution in [-0.4, -0.2) is 55.1 Å². The first-order valence-corrected chi connectivity index (χ1v) is 12.8. The first-order valence-electron chi connectivity index (χ1n) is 12.8. The molecule has 0 aliphatic carbocycles. The van der Waals surface area contributed by atoms with E-state index in [0.29, 0.717) is 11.1 Å². The van der Waals surface area contributed by atoms with Crippen molar-refractivity contribution in [2.24, 2.45) is 0 Å². The monoisotopic (exact) mass is 561 g/mol. The minimum Gasteiger partial charge on any atom is -0.493 e. The van der Waals surface area contributed by atoms with Crippen LogP contribution in [0.5, 0.6) is 11.5 Å². The van der Waals surface area contributed by atoms with Crippen molar-refractivity contribution in [1.29, 1.82) is 0 Å². The van der Waals surface area contributed by atoms with E-state index in [9.17, 15) is 27.5 Å². The summed E-state index contributed by atoms with van der Waals surface area (Å²) in [6.07, 6.45) is -4.72. The number of methoxy groups -OCH3 is 1. The van der Waals surface area contributed by atoms with Crippen molar-refractivity contribution in [1.82, 2.24) is 15.6 Å². The Labute approximate surface area is 229 Å². The zero-order valence-electron chi connectivity index (χ0n) is 22.3. The van der Waals surface area contributed by atoms with E-state index >= 15 is 0 Å². The highest BCUT2D eigenvalue weighted by Gasteiger charge is 2.43. The Morgan fingerprint density at radius 3 is 2.42 bits per heavy atom. The molecule has 1 aromatic heterocycles. The first kappa shape index (κ1) is 29.3. The van der Waals surface area contributed by atoms with Crippen LogP contribution in [0, 0.1) is 5.82 Å². The predicted octanol–water partition coefficient (Wildman–Crippen LogP) is 4.94. The number of hydrogen-bond acceptors (Lipinski definition) is 6. The fraction of sp³-hybridized carbons (Fsp3) is 0.379. The molecule has 1 aliphatic rings. The quantitative estimate of drug-likeness (QED) is 0.304. The molecule has 7 nitrogen and oxygen atoms in total. The molecular formula is C29H31F4N3O4. The molecule has 2 heterocycles. The van der Waals surface area contributed by atoms with Gasteiger partial charge in [0.1, 0.15) is 18.3 Å². The van der Waals surface area contributed by atoms with Crippen molar-refractivity contribution < 1.29 is 36.9 Å². The molecule has 1 unspecified atom stereocenters. The van der Waals surface area contributed by atoms with Gasteiger partial charge in [-0.15, -0.1) is 0 Å². The normalized spacial score (nSPS) is 18.4. The van der Waals surface area contributed by atoms with E-state index in [0.717, 1.165) is 13.0 Å². The van der Waals surface area contributed by atoms with E-state index < -0.39 is 42.0 Å². The summed E-state index contributed by atoms with van der Waals surface area (Å²) in [4.78, 5) is 17.2. The summed E-state index contributed by atoms with van der Waals surface area (Å²) in [6.45, 7) is 3.41. The summed E-state index contributed by atoms with van der Waals surface area (Å²) in [5, 5.41) is 15.1. The third kappa shape index (κ3) is 6.71. The molecule has 0 radical (unpaired) electrons. The fourth-order valence-electron chi connectivity index (χ4n) is 4.39. The third-order valence-electron chi connectivity index (χ3n) is 6.89. The Morgan fingerprint density at radius 2 is 1.85 bits per heavy atom. The Bertz CT molecular complexity index is 1340. The minimum atomic E-state index is -4.72. The maximum atomic E-state index is 14.4. The predicted molar refractivity (Wildman–Crippen MR) is 141 cm³/mol. The number of aliphatic hydroxyl groups excluding tert-OH is 1. The molecule has 1 aliphatic heterocycles. The Balaban J connectivity index is 1.62. The van der Waals surface area contributed by atoms with Crippen LogP contribution in [-0.2, 0) is 5.54 Å². The molecule has 4 rings (SSSR count). The molecule has 0 spiro atoms. The molecule has 0 bridgehead atoms. The van der Waals surface area contributed by atoms with Gasteiger partial charge >= 0.3 is 6.18 Å². The number of aliphatic hydroxyl groups is 1. The molecule has 3 N–H and O–H groups in total. The van der Waals surface area contributed by atoms with Gasteiger partial charge in [-0.1, -0.05) is 0 Å². The van der Waals surface area contributed by atoms with Gasteiger partial charge in [0.05, 0.1) is 24.6 Å². The van der Waals surface area contributed by atoms with Gasteiger partial charge in [-0.2, -0.15) is 13.2 Å². The second-order valence-corrected chi connectivity index (χ2v) is 10.0. The number of benzene rings is 2. The summed E-state index contributed by atoms with van der Waals surface area (Å²) in [5.41, 5.74) is 0.671. The highest BCUT2D eigenvalue weighted by Crippen LogP contribution is 2.39. The third-order valence-corrected chi connectivity index (χ3v) is 6.89. The van der Waals surface area contributed by atoms with Gasteiger partial charge in [0.25, 0.3) is 5.91 Å². The topological polar surface area (TPSA) is 92.7 Å². The molecule has 1 saturated heterocycles. The van der Waals surface area contributed by atoms with E-state index in [1.807, 2.05) is 6.92 Å². The highest BCUT2D eigenvalue weighted by molar-refractivity contribution is 5.95. The number of amides is 1. The summed E-state index contributed by atoms with van der Waals surface area (Å²) in [5.74, 6) is -2.84. The van der Waals surface area contributed by atoms with E-state index in [1.54, 1.807) is 13.0 Å². The zero-order chi connectivity index (χ0) is 29.1. The number of carbonyl (C=O) groups is 1. The van der Waals surface area contributed by atoms with Gasteiger partial charge in [0, 0.05) is 23.2 Å². The number of halogens is 4. The number of ether oxygens (including phenoxy) is 2. The van der Waals surface area contributed by atoms with Crippen molar-refractivity contribution in [3.63, 3.8) is 0 Å². The van der Waals surface area contributed by atoms with Crippen molar-refractivity contribution >= 4 is 5.91 Å². The van der Waals surface area contributed by atoms with Crippen molar-refractivity contribution in [2.75, 3.05) is 26.8 Å². The van der Waals surface area contributed by atoms with Gasteiger partial charge in [-0.3, -0.25) is 9.78 Å². The number of carbonyl (C=O) groups excluding carboxylic acids is 1. The molecular weight excluding hydrogens is 530 g/mol. The minimum absolute atomic E-state index is 0.00426. The lowest BCUT2D eigenvalue weighted by Gasteiger charge is -2.41. The number of hydrogen-bond donors (Lipinski definition) is 3. The number of rotatable bonds is 10. The Kier molecular flexibility index (Phi) is 8.65. The van der Waals surface area contributed by atoms with Gasteiger partial charge < -0.3 is 25.2 Å². The Hall–Kier alpha value is -3.70. The largest absolute Gasteiger partial charge is 0.493 e. The van der Waals surface area contributed by atoms with Gasteiger partial charge in [0.2, 0.25) is 0 Å². The number of alkyl halides is 3. The SMILES string of the molecule is COc1cc(C(=O)NCC(c2cc([C@@]3(C)CCN3)cc(-c3ccc(F)cc3)n2)C(F)(F)F)ccc1OC[C@@H](C)O. The summed E-state index contributed by atoms with van der Waals surface area (Å²) in [7, 11) is 1.36. The van der Waals surface area contributed by atoms with Crippen LogP contribution in [0.25, 0.3) is 11.3 Å². The van der Waals surface area contributed by atoms with E-state index in [2.05, 4.69) is 15.6 Å². The van der Waals surface area contributed by atoms with Crippen molar-refractivity contribution in [2.45, 2.75) is 44.0 Å². The van der Waals surface area contributed by atoms with Crippen LogP contribution >= 0.6 is 0 Å². The van der Waals surface area contributed by atoms with Crippen LogP contribution in [0.15, 0.2) is 54.6 Å². The molecule has 3 atom stereocenters. The molecule has 11 heteroatoms. The number of aromatic nitrogens is 1. The van der Waals surface area contributed by atoms with Gasteiger partial charge in [0.15, 0.2) is 11.5 Å². The zero-order valence-corrected chi connectivity index (χ0v) is 22.3. The van der Waals surface area contributed by atoms with Gasteiger partial charge in [-0.25, -0.2) is 4.39 Å². The molecule has 2 aromatic carbocycles. The fourth-order valence-corrected chi connectivity index (χ4v) is 4.39. The molecule has 3 aromatic rings. The lowest BCUT2D eigenvalue weighted by molar-refractivity contribution is -0.149. The molecule has 0 saturated carbocycles. The van der Waals surface area contributed by atoms with Crippen LogP contribution in [0.4, 0.5) is 17.6 Å².